The molecule has 2 fully saturated rings. The maximum Gasteiger partial charge on any atom is 0.228 e. The summed E-state index contributed by atoms with van der Waals surface area (Å²) in [6.45, 7) is 0.503. The fourth-order valence-corrected chi connectivity index (χ4v) is 6.36. The molecular formula is C11H17N3O3S3. The van der Waals surface area contributed by atoms with E-state index in [0.717, 1.165) is 17.3 Å². The Morgan fingerprint density at radius 1 is 1.40 bits per heavy atom. The van der Waals surface area contributed by atoms with Crippen LogP contribution in [0.25, 0.3) is 0 Å². The number of sulfone groups is 1. The third-order valence-electron chi connectivity index (χ3n) is 3.31. The molecule has 0 aliphatic carbocycles. The van der Waals surface area contributed by atoms with E-state index in [0.29, 0.717) is 24.1 Å². The van der Waals surface area contributed by atoms with Crippen molar-refractivity contribution in [3.05, 3.63) is 11.7 Å². The summed E-state index contributed by atoms with van der Waals surface area (Å²) in [5, 5.41) is 7.54. The van der Waals surface area contributed by atoms with Gasteiger partial charge in [-0.05, 0) is 0 Å². The fourth-order valence-electron chi connectivity index (χ4n) is 2.33. The summed E-state index contributed by atoms with van der Waals surface area (Å²) < 4.78 is 28.5. The first kappa shape index (κ1) is 14.7. The number of aromatic nitrogens is 2. The molecule has 2 saturated heterocycles. The minimum absolute atomic E-state index is 0.115. The number of hydrogen-bond donors (Lipinski definition) is 1. The molecule has 2 aliphatic heterocycles. The van der Waals surface area contributed by atoms with Crippen LogP contribution in [0.1, 0.15) is 17.0 Å². The normalized spacial score (nSPS) is 30.2. The second-order valence-corrected chi connectivity index (χ2v) is 9.64. The van der Waals surface area contributed by atoms with Gasteiger partial charge in [0.2, 0.25) is 5.89 Å². The molecule has 0 spiro atoms. The molecule has 0 radical (unpaired) electrons. The van der Waals surface area contributed by atoms with E-state index in [1.54, 1.807) is 0 Å². The Balaban J connectivity index is 1.62. The van der Waals surface area contributed by atoms with Gasteiger partial charge < -0.3 is 9.84 Å². The van der Waals surface area contributed by atoms with Crippen molar-refractivity contribution in [3.8, 4) is 0 Å². The highest BCUT2D eigenvalue weighted by molar-refractivity contribution is 8.06. The summed E-state index contributed by atoms with van der Waals surface area (Å²) >= 11 is 3.77. The lowest BCUT2D eigenvalue weighted by atomic mass is 10.2. The van der Waals surface area contributed by atoms with Crippen molar-refractivity contribution in [1.82, 2.24) is 15.5 Å². The second kappa shape index (κ2) is 6.25. The molecule has 1 aromatic rings. The Morgan fingerprint density at radius 3 is 3.05 bits per heavy atom. The van der Waals surface area contributed by atoms with Crippen LogP contribution in [0.3, 0.4) is 0 Å². The molecule has 1 aromatic heterocycles. The van der Waals surface area contributed by atoms with Gasteiger partial charge in [0, 0.05) is 36.3 Å². The highest BCUT2D eigenvalue weighted by Crippen LogP contribution is 2.35. The maximum atomic E-state index is 11.6. The molecule has 0 aromatic carbocycles. The highest BCUT2D eigenvalue weighted by atomic mass is 32.2. The first-order chi connectivity index (χ1) is 9.62. The van der Waals surface area contributed by atoms with Crippen LogP contribution in [0.15, 0.2) is 4.52 Å². The van der Waals surface area contributed by atoms with E-state index in [4.69, 9.17) is 4.52 Å². The van der Waals surface area contributed by atoms with Crippen LogP contribution >= 0.6 is 23.5 Å². The summed E-state index contributed by atoms with van der Waals surface area (Å²) in [4.78, 5) is 4.43. The number of nitrogens with one attached hydrogen (secondary N) is 1. The Morgan fingerprint density at radius 2 is 2.30 bits per heavy atom. The molecule has 0 bridgehead atoms. The van der Waals surface area contributed by atoms with E-state index in [1.165, 1.54) is 5.75 Å². The molecule has 2 aliphatic rings. The van der Waals surface area contributed by atoms with Gasteiger partial charge in [-0.15, -0.1) is 11.8 Å². The van der Waals surface area contributed by atoms with E-state index in [1.807, 2.05) is 23.5 Å². The number of rotatable bonds is 3. The van der Waals surface area contributed by atoms with Gasteiger partial charge in [-0.1, -0.05) is 5.16 Å². The monoisotopic (exact) mass is 335 g/mol. The lowest BCUT2D eigenvalue weighted by Crippen LogP contribution is -2.46. The van der Waals surface area contributed by atoms with Gasteiger partial charge in [0.25, 0.3) is 0 Å². The molecule has 0 amide bonds. The van der Waals surface area contributed by atoms with Crippen LogP contribution in [-0.4, -0.2) is 59.9 Å². The molecule has 20 heavy (non-hydrogen) atoms. The number of hydrogen-bond acceptors (Lipinski definition) is 8. The van der Waals surface area contributed by atoms with Gasteiger partial charge in [-0.3, -0.25) is 0 Å². The topological polar surface area (TPSA) is 85.1 Å². The maximum absolute atomic E-state index is 11.6. The second-order valence-electron chi connectivity index (χ2n) is 4.95. The van der Waals surface area contributed by atoms with E-state index in [-0.39, 0.29) is 17.5 Å². The molecule has 1 N–H and O–H groups in total. The Bertz CT molecular complexity index is 554. The van der Waals surface area contributed by atoms with Crippen molar-refractivity contribution < 1.29 is 12.9 Å². The Kier molecular flexibility index (Phi) is 4.58. The zero-order chi connectivity index (χ0) is 14.0. The summed E-state index contributed by atoms with van der Waals surface area (Å²) in [6.07, 6.45) is 0.483. The van der Waals surface area contributed by atoms with Gasteiger partial charge in [0.15, 0.2) is 15.7 Å². The first-order valence-corrected chi connectivity index (χ1v) is 10.6. The Labute approximate surface area is 126 Å². The van der Waals surface area contributed by atoms with E-state index < -0.39 is 9.84 Å². The summed E-state index contributed by atoms with van der Waals surface area (Å²) in [5.41, 5.74) is 0. The fraction of sp³-hybridized carbons (Fsp3) is 0.818. The third-order valence-corrected chi connectivity index (χ3v) is 7.80. The van der Waals surface area contributed by atoms with Gasteiger partial charge in [-0.2, -0.15) is 16.7 Å². The minimum Gasteiger partial charge on any atom is -0.339 e. The zero-order valence-corrected chi connectivity index (χ0v) is 13.4. The largest absolute Gasteiger partial charge is 0.339 e. The molecule has 9 heteroatoms. The van der Waals surface area contributed by atoms with E-state index in [2.05, 4.69) is 15.5 Å². The quantitative estimate of drug-likeness (QED) is 0.856. The van der Waals surface area contributed by atoms with Crippen LogP contribution in [0.5, 0.6) is 0 Å². The predicted octanol–water partition coefficient (Wildman–Crippen LogP) is 0.520. The highest BCUT2D eigenvalue weighted by Gasteiger charge is 2.27. The smallest absolute Gasteiger partial charge is 0.228 e. The molecule has 3 heterocycles. The van der Waals surface area contributed by atoms with Crippen molar-refractivity contribution >= 4 is 33.4 Å². The van der Waals surface area contributed by atoms with Crippen LogP contribution in [0, 0.1) is 0 Å². The lowest BCUT2D eigenvalue weighted by molar-refractivity contribution is 0.357. The molecule has 3 rings (SSSR count). The predicted molar refractivity (Wildman–Crippen MR) is 81.0 cm³/mol. The van der Waals surface area contributed by atoms with Gasteiger partial charge in [0.1, 0.15) is 0 Å². The van der Waals surface area contributed by atoms with Crippen molar-refractivity contribution in [2.24, 2.45) is 0 Å². The lowest BCUT2D eigenvalue weighted by Gasteiger charge is -2.22. The zero-order valence-electron chi connectivity index (χ0n) is 10.9. The standard InChI is InChI=1S/C11H17N3O3S3/c15-20(16)4-1-12-8(7-20)5-10-13-11(14-17-10)9-6-18-2-3-19-9/h8-9,12H,1-7H2. The average molecular weight is 335 g/mol. The summed E-state index contributed by atoms with van der Waals surface area (Å²) in [7, 11) is -2.93. The van der Waals surface area contributed by atoms with E-state index >= 15 is 0 Å². The molecule has 2 unspecified atom stereocenters. The van der Waals surface area contributed by atoms with Crippen molar-refractivity contribution in [2.75, 3.05) is 35.3 Å². The van der Waals surface area contributed by atoms with Crippen LogP contribution in [0.4, 0.5) is 0 Å². The van der Waals surface area contributed by atoms with Gasteiger partial charge in [0.05, 0.1) is 16.8 Å². The van der Waals surface area contributed by atoms with Crippen molar-refractivity contribution in [3.63, 3.8) is 0 Å². The number of thioether (sulfide) groups is 2. The van der Waals surface area contributed by atoms with Gasteiger partial charge >= 0.3 is 0 Å². The third kappa shape index (κ3) is 3.69. The van der Waals surface area contributed by atoms with Crippen molar-refractivity contribution in [2.45, 2.75) is 17.7 Å². The first-order valence-electron chi connectivity index (χ1n) is 6.58. The number of nitrogens with zero attached hydrogens (tertiary/aromatic N) is 2. The molecular weight excluding hydrogens is 318 g/mol. The van der Waals surface area contributed by atoms with Crippen LogP contribution in [0.2, 0.25) is 0 Å². The van der Waals surface area contributed by atoms with E-state index in [9.17, 15) is 8.42 Å². The summed E-state index contributed by atoms with van der Waals surface area (Å²) in [6, 6.07) is -0.115. The molecule has 112 valence electrons. The van der Waals surface area contributed by atoms with Crippen LogP contribution < -0.4 is 5.32 Å². The molecule has 6 nitrogen and oxygen atoms in total. The van der Waals surface area contributed by atoms with Gasteiger partial charge in [-0.25, -0.2) is 8.42 Å². The summed E-state index contributed by atoms with van der Waals surface area (Å²) in [5.74, 6) is 4.95. The van der Waals surface area contributed by atoms with Crippen LogP contribution in [-0.2, 0) is 16.3 Å². The molecule has 2 atom stereocenters. The Hall–Kier alpha value is -0.250. The molecule has 0 saturated carbocycles. The minimum atomic E-state index is -2.93. The SMILES string of the molecule is O=S1(=O)CCNC(Cc2nc(C3CSCCS3)no2)C1. The average Bonchev–Trinajstić information content (AvgIpc) is 2.87. The van der Waals surface area contributed by atoms with Crippen molar-refractivity contribution in [1.29, 1.82) is 0 Å².